The third-order valence-electron chi connectivity index (χ3n) is 3.94. The number of benzene rings is 1. The van der Waals surface area contributed by atoms with Crippen LogP contribution in [0.1, 0.15) is 31.1 Å². The van der Waals surface area contributed by atoms with Crippen LogP contribution in [0.5, 0.6) is 0 Å². The largest absolute Gasteiger partial charge is 0.358 e. The second-order valence-corrected chi connectivity index (χ2v) is 5.25. The molecule has 0 N–H and O–H groups in total. The maximum absolute atomic E-state index is 14.5. The van der Waals surface area contributed by atoms with Crippen molar-refractivity contribution in [1.82, 2.24) is 14.8 Å². The van der Waals surface area contributed by atoms with Crippen LogP contribution in [0.3, 0.4) is 0 Å². The van der Waals surface area contributed by atoms with Crippen LogP contribution in [0.15, 0.2) is 18.5 Å². The Hall–Kier alpha value is -1.69. The average molecular weight is 273 g/mol. The van der Waals surface area contributed by atoms with Crippen molar-refractivity contribution in [1.29, 1.82) is 0 Å². The molecule has 1 aromatic heterocycles. The van der Waals surface area contributed by atoms with Crippen molar-refractivity contribution in [3.05, 3.63) is 29.8 Å². The van der Waals surface area contributed by atoms with Crippen LogP contribution in [0.2, 0.25) is 0 Å². The highest BCUT2D eigenvalue weighted by Crippen LogP contribution is 2.28. The van der Waals surface area contributed by atoms with E-state index in [0.717, 1.165) is 31.3 Å². The van der Waals surface area contributed by atoms with E-state index in [-0.39, 0.29) is 12.0 Å². The molecule has 1 aliphatic rings. The average Bonchev–Trinajstić information content (AvgIpc) is 2.95. The first-order chi connectivity index (χ1) is 9.68. The lowest BCUT2D eigenvalue weighted by Gasteiger charge is -2.24. The molecule has 0 bridgehead atoms. The van der Waals surface area contributed by atoms with Crippen molar-refractivity contribution in [2.75, 3.05) is 6.61 Å². The standard InChI is InChI=1S/C14H17BFN3O/c1-9-11(15)6-5-10(13(9)16)14-18-17-8-19(14)12-4-2-3-7-20-12/h5-6,8,12H,2-4,7,15H2,1H3. The summed E-state index contributed by atoms with van der Waals surface area (Å²) < 4.78 is 22.0. The van der Waals surface area contributed by atoms with E-state index >= 15 is 0 Å². The van der Waals surface area contributed by atoms with Gasteiger partial charge in [0.15, 0.2) is 5.82 Å². The van der Waals surface area contributed by atoms with Crippen molar-refractivity contribution >= 4 is 13.3 Å². The van der Waals surface area contributed by atoms with Gasteiger partial charge in [-0.1, -0.05) is 11.5 Å². The second kappa shape index (κ2) is 5.36. The molecule has 1 fully saturated rings. The zero-order valence-corrected chi connectivity index (χ0v) is 11.8. The molecule has 0 saturated carbocycles. The number of hydrogen-bond acceptors (Lipinski definition) is 3. The molecule has 0 radical (unpaired) electrons. The maximum Gasteiger partial charge on any atom is 0.168 e. The van der Waals surface area contributed by atoms with Crippen molar-refractivity contribution in [3.8, 4) is 11.4 Å². The lowest BCUT2D eigenvalue weighted by atomic mass is 9.89. The molecule has 6 heteroatoms. The number of hydrogen-bond donors (Lipinski definition) is 0. The first-order valence-electron chi connectivity index (χ1n) is 6.95. The van der Waals surface area contributed by atoms with Crippen LogP contribution in [-0.4, -0.2) is 29.2 Å². The normalized spacial score (nSPS) is 19.2. The first-order valence-corrected chi connectivity index (χ1v) is 6.95. The van der Waals surface area contributed by atoms with Gasteiger partial charge >= 0.3 is 0 Å². The first kappa shape index (κ1) is 13.3. The fraction of sp³-hybridized carbons (Fsp3) is 0.429. The van der Waals surface area contributed by atoms with Crippen molar-refractivity contribution in [2.24, 2.45) is 0 Å². The van der Waals surface area contributed by atoms with Gasteiger partial charge in [-0.2, -0.15) is 0 Å². The molecule has 2 aromatic rings. The molecule has 104 valence electrons. The molecule has 4 nitrogen and oxygen atoms in total. The van der Waals surface area contributed by atoms with Gasteiger partial charge in [0.1, 0.15) is 26.2 Å². The highest BCUT2D eigenvalue weighted by atomic mass is 19.1. The van der Waals surface area contributed by atoms with Crippen LogP contribution in [0.4, 0.5) is 4.39 Å². The summed E-state index contributed by atoms with van der Waals surface area (Å²) in [6, 6.07) is 3.68. The Bertz CT molecular complexity index is 623. The Kier molecular flexibility index (Phi) is 3.57. The van der Waals surface area contributed by atoms with E-state index in [9.17, 15) is 4.39 Å². The van der Waals surface area contributed by atoms with E-state index in [1.165, 1.54) is 0 Å². The van der Waals surface area contributed by atoms with E-state index in [1.54, 1.807) is 19.3 Å². The zero-order chi connectivity index (χ0) is 14.1. The molecule has 3 rings (SSSR count). The zero-order valence-electron chi connectivity index (χ0n) is 11.8. The maximum atomic E-state index is 14.5. The molecule has 1 aromatic carbocycles. The Morgan fingerprint density at radius 3 is 3.00 bits per heavy atom. The minimum Gasteiger partial charge on any atom is -0.358 e. The third kappa shape index (κ3) is 2.24. The predicted molar refractivity (Wildman–Crippen MR) is 77.2 cm³/mol. The van der Waals surface area contributed by atoms with E-state index in [1.807, 2.05) is 18.5 Å². The summed E-state index contributed by atoms with van der Waals surface area (Å²) in [6.45, 7) is 2.52. The van der Waals surface area contributed by atoms with Gasteiger partial charge in [0.2, 0.25) is 0 Å². The van der Waals surface area contributed by atoms with Crippen LogP contribution < -0.4 is 5.46 Å². The molecule has 1 saturated heterocycles. The Balaban J connectivity index is 2.03. The monoisotopic (exact) mass is 273 g/mol. The summed E-state index contributed by atoms with van der Waals surface area (Å²) in [7, 11) is 1.90. The van der Waals surface area contributed by atoms with E-state index in [0.29, 0.717) is 17.0 Å². The topological polar surface area (TPSA) is 39.9 Å². The smallest absolute Gasteiger partial charge is 0.168 e. The molecule has 1 unspecified atom stereocenters. The molecule has 1 atom stereocenters. The van der Waals surface area contributed by atoms with E-state index in [2.05, 4.69) is 10.2 Å². The minimum atomic E-state index is -0.227. The number of aromatic nitrogens is 3. The van der Waals surface area contributed by atoms with E-state index in [4.69, 9.17) is 4.74 Å². The lowest BCUT2D eigenvalue weighted by Crippen LogP contribution is -2.19. The van der Waals surface area contributed by atoms with Crippen molar-refractivity contribution in [2.45, 2.75) is 32.4 Å². The van der Waals surface area contributed by atoms with Gasteiger partial charge in [0, 0.05) is 6.61 Å². The highest BCUT2D eigenvalue weighted by Gasteiger charge is 2.22. The van der Waals surface area contributed by atoms with Crippen LogP contribution in [0.25, 0.3) is 11.4 Å². The van der Waals surface area contributed by atoms with E-state index < -0.39 is 0 Å². The van der Waals surface area contributed by atoms with Crippen molar-refractivity contribution in [3.63, 3.8) is 0 Å². The Morgan fingerprint density at radius 1 is 1.40 bits per heavy atom. The number of ether oxygens (including phenoxy) is 1. The molecule has 0 spiro atoms. The quantitative estimate of drug-likeness (QED) is 0.775. The molecule has 1 aliphatic heterocycles. The van der Waals surface area contributed by atoms with Gasteiger partial charge in [-0.15, -0.1) is 10.2 Å². The second-order valence-electron chi connectivity index (χ2n) is 5.25. The molecule has 20 heavy (non-hydrogen) atoms. The molecule has 0 aliphatic carbocycles. The predicted octanol–water partition coefficient (Wildman–Crippen LogP) is 1.35. The Morgan fingerprint density at radius 2 is 2.25 bits per heavy atom. The summed E-state index contributed by atoms with van der Waals surface area (Å²) in [5.74, 6) is 0.313. The summed E-state index contributed by atoms with van der Waals surface area (Å²) in [4.78, 5) is 0. The Labute approximate surface area is 118 Å². The summed E-state index contributed by atoms with van der Waals surface area (Å²) >= 11 is 0. The summed E-state index contributed by atoms with van der Waals surface area (Å²) in [5.41, 5.74) is 2.08. The number of rotatable bonds is 2. The van der Waals surface area contributed by atoms with Gasteiger partial charge in [0.05, 0.1) is 5.56 Å². The fourth-order valence-corrected chi connectivity index (χ4v) is 2.54. The van der Waals surface area contributed by atoms with Crippen molar-refractivity contribution < 1.29 is 9.13 Å². The molecular weight excluding hydrogens is 256 g/mol. The van der Waals surface area contributed by atoms with Gasteiger partial charge in [-0.3, -0.25) is 4.57 Å². The SMILES string of the molecule is Bc1ccc(-c2nncn2C2CCCCO2)c(F)c1C. The van der Waals surface area contributed by atoms with Crippen LogP contribution in [0, 0.1) is 12.7 Å². The lowest BCUT2D eigenvalue weighted by molar-refractivity contribution is -0.0312. The number of nitrogens with zero attached hydrogens (tertiary/aromatic N) is 3. The van der Waals surface area contributed by atoms with Gasteiger partial charge < -0.3 is 4.74 Å². The van der Waals surface area contributed by atoms with Crippen LogP contribution in [-0.2, 0) is 4.74 Å². The van der Waals surface area contributed by atoms with Crippen LogP contribution >= 0.6 is 0 Å². The highest BCUT2D eigenvalue weighted by molar-refractivity contribution is 6.33. The van der Waals surface area contributed by atoms with Gasteiger partial charge in [-0.25, -0.2) is 4.39 Å². The molecule has 0 amide bonds. The minimum absolute atomic E-state index is 0.0882. The summed E-state index contributed by atoms with van der Waals surface area (Å²) in [6.07, 6.45) is 4.64. The van der Waals surface area contributed by atoms with Gasteiger partial charge in [-0.05, 0) is 37.8 Å². The molecule has 2 heterocycles. The van der Waals surface area contributed by atoms with Gasteiger partial charge in [0.25, 0.3) is 0 Å². The third-order valence-corrected chi connectivity index (χ3v) is 3.94. The number of halogens is 1. The fourth-order valence-electron chi connectivity index (χ4n) is 2.54. The molecular formula is C14H17BFN3O. The summed E-state index contributed by atoms with van der Waals surface area (Å²) in [5, 5.41) is 8.02.